The zero-order valence-electron chi connectivity index (χ0n) is 19.7. The Labute approximate surface area is 189 Å². The van der Waals surface area contributed by atoms with E-state index in [9.17, 15) is 4.79 Å². The number of pyridine rings is 1. The first-order valence-electron chi connectivity index (χ1n) is 11.5. The van der Waals surface area contributed by atoms with Crippen molar-refractivity contribution in [2.75, 3.05) is 26.7 Å². The maximum absolute atomic E-state index is 15.0. The summed E-state index contributed by atoms with van der Waals surface area (Å²) < 4.78 is 15.0. The van der Waals surface area contributed by atoms with Gasteiger partial charge in [-0.2, -0.15) is 0 Å². The van der Waals surface area contributed by atoms with Gasteiger partial charge in [-0.1, -0.05) is 19.9 Å². The van der Waals surface area contributed by atoms with E-state index in [-0.39, 0.29) is 17.6 Å². The molecule has 32 heavy (non-hydrogen) atoms. The molecule has 3 heterocycles. The smallest absolute Gasteiger partial charge is 0.236 e. The van der Waals surface area contributed by atoms with Crippen molar-refractivity contribution >= 4 is 16.8 Å². The maximum atomic E-state index is 15.0. The number of piperidine rings is 1. The van der Waals surface area contributed by atoms with Crippen LogP contribution in [0.2, 0.25) is 0 Å². The van der Waals surface area contributed by atoms with Crippen LogP contribution in [-0.2, 0) is 4.79 Å². The van der Waals surface area contributed by atoms with Crippen LogP contribution >= 0.6 is 0 Å². The van der Waals surface area contributed by atoms with Gasteiger partial charge in [-0.05, 0) is 74.9 Å². The van der Waals surface area contributed by atoms with Crippen molar-refractivity contribution in [1.29, 1.82) is 0 Å². The van der Waals surface area contributed by atoms with Crippen LogP contribution in [0, 0.1) is 19.7 Å². The fourth-order valence-corrected chi connectivity index (χ4v) is 5.02. The Morgan fingerprint density at radius 1 is 1.25 bits per heavy atom. The van der Waals surface area contributed by atoms with Crippen molar-refractivity contribution in [3.05, 3.63) is 52.6 Å². The van der Waals surface area contributed by atoms with Gasteiger partial charge in [0.15, 0.2) is 5.82 Å². The molecule has 1 aliphatic heterocycles. The van der Waals surface area contributed by atoms with E-state index in [4.69, 9.17) is 0 Å². The molecule has 4 rings (SSSR count). The fourth-order valence-electron chi connectivity index (χ4n) is 5.02. The molecule has 6 heteroatoms. The van der Waals surface area contributed by atoms with Crippen LogP contribution in [0.4, 0.5) is 4.39 Å². The highest BCUT2D eigenvalue weighted by molar-refractivity contribution is 5.92. The highest BCUT2D eigenvalue weighted by Gasteiger charge is 2.25. The Balaban J connectivity index is 1.70. The van der Waals surface area contributed by atoms with Crippen LogP contribution in [0.1, 0.15) is 61.0 Å². The molecule has 170 valence electrons. The van der Waals surface area contributed by atoms with Crippen molar-refractivity contribution in [2.24, 2.45) is 0 Å². The highest BCUT2D eigenvalue weighted by Crippen LogP contribution is 2.39. The third kappa shape index (κ3) is 4.16. The molecule has 1 aromatic carbocycles. The zero-order chi connectivity index (χ0) is 23.0. The van der Waals surface area contributed by atoms with E-state index in [2.05, 4.69) is 47.3 Å². The molecule has 3 aromatic rings. The Kier molecular flexibility index (Phi) is 6.33. The number of nitrogens with one attached hydrogen (secondary N) is 2. The van der Waals surface area contributed by atoms with Gasteiger partial charge in [-0.25, -0.2) is 4.39 Å². The number of aromatic amines is 1. The molecule has 2 aromatic heterocycles. The number of carbonyl (C=O) groups excluding carboxylic acids is 1. The van der Waals surface area contributed by atoms with Crippen LogP contribution in [0.5, 0.6) is 0 Å². The lowest BCUT2D eigenvalue weighted by atomic mass is 9.87. The minimum atomic E-state index is -0.261. The van der Waals surface area contributed by atoms with Crippen LogP contribution in [-0.4, -0.2) is 47.5 Å². The summed E-state index contributed by atoms with van der Waals surface area (Å²) in [5, 5.41) is 4.11. The van der Waals surface area contributed by atoms with Gasteiger partial charge < -0.3 is 15.2 Å². The van der Waals surface area contributed by atoms with E-state index < -0.39 is 0 Å². The summed E-state index contributed by atoms with van der Waals surface area (Å²) in [5.41, 5.74) is 6.15. The van der Waals surface area contributed by atoms with Crippen LogP contribution in [0.25, 0.3) is 22.2 Å². The predicted octanol–water partition coefficient (Wildman–Crippen LogP) is 5.03. The molecule has 1 aliphatic rings. The lowest BCUT2D eigenvalue weighted by Crippen LogP contribution is -2.41. The third-order valence-electron chi connectivity index (χ3n) is 6.61. The quantitative estimate of drug-likeness (QED) is 0.589. The first-order chi connectivity index (χ1) is 15.3. The maximum Gasteiger partial charge on any atom is 0.236 e. The Morgan fingerprint density at radius 3 is 2.62 bits per heavy atom. The number of likely N-dealkylation sites (N-methyl/N-ethyl adjacent to an activating group) is 1. The van der Waals surface area contributed by atoms with Gasteiger partial charge in [-0.3, -0.25) is 9.78 Å². The fraction of sp³-hybridized carbons (Fsp3) is 0.462. The van der Waals surface area contributed by atoms with E-state index in [1.807, 2.05) is 17.9 Å². The van der Waals surface area contributed by atoms with E-state index in [0.717, 1.165) is 53.8 Å². The topological polar surface area (TPSA) is 61.0 Å². The number of halogens is 1. The van der Waals surface area contributed by atoms with Crippen molar-refractivity contribution < 1.29 is 9.18 Å². The van der Waals surface area contributed by atoms with Gasteiger partial charge in [0.05, 0.1) is 17.9 Å². The average Bonchev–Trinajstić information content (AvgIpc) is 3.15. The molecular weight excluding hydrogens is 403 g/mol. The SMILES string of the molecule is CNCC(=O)N1CCC(c2ccc3[nH]c(-c4cc(C)nc(C)c4F)c(C(C)C)c3c2)CC1. The summed E-state index contributed by atoms with van der Waals surface area (Å²) in [7, 11) is 1.80. The number of hydrogen-bond donors (Lipinski definition) is 2. The van der Waals surface area contributed by atoms with Crippen molar-refractivity contribution in [2.45, 2.75) is 52.4 Å². The number of amides is 1. The first-order valence-corrected chi connectivity index (χ1v) is 11.5. The monoisotopic (exact) mass is 436 g/mol. The summed E-state index contributed by atoms with van der Waals surface area (Å²) in [6, 6.07) is 8.41. The molecule has 0 radical (unpaired) electrons. The van der Waals surface area contributed by atoms with Crippen LogP contribution < -0.4 is 5.32 Å². The molecule has 1 fully saturated rings. The van der Waals surface area contributed by atoms with E-state index in [0.29, 0.717) is 23.7 Å². The minimum Gasteiger partial charge on any atom is -0.354 e. The lowest BCUT2D eigenvalue weighted by Gasteiger charge is -2.32. The number of H-pyrrole nitrogens is 1. The van der Waals surface area contributed by atoms with Gasteiger partial charge in [0.2, 0.25) is 5.91 Å². The van der Waals surface area contributed by atoms with Crippen LogP contribution in [0.3, 0.4) is 0 Å². The van der Waals surface area contributed by atoms with Crippen LogP contribution in [0.15, 0.2) is 24.3 Å². The number of rotatable bonds is 5. The molecule has 0 unspecified atom stereocenters. The molecular formula is C26H33FN4O. The third-order valence-corrected chi connectivity index (χ3v) is 6.61. The second kappa shape index (κ2) is 9.02. The summed E-state index contributed by atoms with van der Waals surface area (Å²) >= 11 is 0. The van der Waals surface area contributed by atoms with Gasteiger partial charge in [0.1, 0.15) is 0 Å². The molecule has 0 aliphatic carbocycles. The Hall–Kier alpha value is -2.73. The second-order valence-electron chi connectivity index (χ2n) is 9.27. The molecule has 0 atom stereocenters. The largest absolute Gasteiger partial charge is 0.354 e. The summed E-state index contributed by atoms with van der Waals surface area (Å²) in [5.74, 6) is 0.577. The number of benzene rings is 1. The van der Waals surface area contributed by atoms with Gasteiger partial charge in [0.25, 0.3) is 0 Å². The number of fused-ring (bicyclic) bond motifs is 1. The number of carbonyl (C=O) groups is 1. The van der Waals surface area contributed by atoms with Gasteiger partial charge in [0, 0.05) is 35.2 Å². The van der Waals surface area contributed by atoms with E-state index >= 15 is 4.39 Å². The number of likely N-dealkylation sites (tertiary alicyclic amines) is 1. The Bertz CT molecular complexity index is 1140. The van der Waals surface area contributed by atoms with Gasteiger partial charge in [-0.15, -0.1) is 0 Å². The standard InChI is InChI=1S/C26H33FN4O/c1-15(2)24-20-13-19(18-8-10-31(11-9-18)23(32)14-28-5)6-7-22(20)30-26(24)21-12-16(3)29-17(4)25(21)27/h6-7,12-13,15,18,28,30H,8-11,14H2,1-5H3. The normalized spacial score (nSPS) is 15.2. The van der Waals surface area contributed by atoms with E-state index in [1.165, 1.54) is 5.56 Å². The average molecular weight is 437 g/mol. The number of nitrogens with zero attached hydrogens (tertiary/aromatic N) is 2. The summed E-state index contributed by atoms with van der Waals surface area (Å²) in [6.45, 7) is 9.91. The number of aryl methyl sites for hydroxylation is 2. The molecule has 0 bridgehead atoms. The zero-order valence-corrected chi connectivity index (χ0v) is 19.7. The summed E-state index contributed by atoms with van der Waals surface area (Å²) in [4.78, 5) is 21.9. The molecule has 5 nitrogen and oxygen atoms in total. The number of aromatic nitrogens is 2. The molecule has 1 amide bonds. The van der Waals surface area contributed by atoms with Gasteiger partial charge >= 0.3 is 0 Å². The Morgan fingerprint density at radius 2 is 1.97 bits per heavy atom. The van der Waals surface area contributed by atoms with E-state index in [1.54, 1.807) is 14.0 Å². The summed E-state index contributed by atoms with van der Waals surface area (Å²) in [6.07, 6.45) is 1.93. The molecule has 1 saturated heterocycles. The first kappa shape index (κ1) is 22.5. The van der Waals surface area contributed by atoms with Crippen molar-refractivity contribution in [3.8, 4) is 11.3 Å². The van der Waals surface area contributed by atoms with Crippen molar-refractivity contribution in [1.82, 2.24) is 20.2 Å². The predicted molar refractivity (Wildman–Crippen MR) is 128 cm³/mol. The number of hydrogen-bond acceptors (Lipinski definition) is 3. The molecule has 2 N–H and O–H groups in total. The minimum absolute atomic E-state index is 0.170. The second-order valence-corrected chi connectivity index (χ2v) is 9.27. The lowest BCUT2D eigenvalue weighted by molar-refractivity contribution is -0.131. The highest BCUT2D eigenvalue weighted by atomic mass is 19.1. The van der Waals surface area contributed by atoms with Crippen molar-refractivity contribution in [3.63, 3.8) is 0 Å². The molecule has 0 spiro atoms. The molecule has 0 saturated carbocycles.